The molecule has 10 heteroatoms. The van der Waals surface area contributed by atoms with Crippen LogP contribution in [0.15, 0.2) is 35.4 Å². The van der Waals surface area contributed by atoms with Gasteiger partial charge in [-0.25, -0.2) is 5.43 Å². The second kappa shape index (κ2) is 9.04. The Morgan fingerprint density at radius 3 is 2.62 bits per heavy atom. The van der Waals surface area contributed by atoms with E-state index in [-0.39, 0.29) is 5.95 Å². The molecule has 0 spiro atoms. The van der Waals surface area contributed by atoms with Gasteiger partial charge in [0.05, 0.1) is 26.0 Å². The molecule has 1 aromatic carbocycles. The predicted octanol–water partition coefficient (Wildman–Crippen LogP) is 0.203. The van der Waals surface area contributed by atoms with E-state index in [9.17, 15) is 5.11 Å². The van der Waals surface area contributed by atoms with Crippen LogP contribution in [0, 0.1) is 0 Å². The number of ether oxygens (including phenoxy) is 1. The molecule has 2 heterocycles. The highest BCUT2D eigenvalue weighted by molar-refractivity contribution is 5.64. The first-order valence-electron chi connectivity index (χ1n) is 8.23. The summed E-state index contributed by atoms with van der Waals surface area (Å²) in [5.74, 6) is 1.09. The molecule has 26 heavy (non-hydrogen) atoms. The first-order chi connectivity index (χ1) is 12.7. The zero-order chi connectivity index (χ0) is 18.2. The standard InChI is InChI=1S/C16H21N7O3/c24-11-13(25)10-17-22-15-19-14(18-12-4-2-1-3-5-12)20-16(21-15)23-6-8-26-9-7-23/h1-5,10,13,24-25H,6-9,11H2,(H2,18,19,20,21,22)/b17-10-/t13-/m1/s1. The van der Waals surface area contributed by atoms with Crippen LogP contribution < -0.4 is 15.6 Å². The van der Waals surface area contributed by atoms with Gasteiger partial charge in [-0.05, 0) is 12.1 Å². The maximum atomic E-state index is 9.32. The Morgan fingerprint density at radius 2 is 1.88 bits per heavy atom. The molecule has 2 aromatic rings. The summed E-state index contributed by atoms with van der Waals surface area (Å²) in [6.45, 7) is 2.16. The van der Waals surface area contributed by atoms with Gasteiger partial charge >= 0.3 is 0 Å². The summed E-state index contributed by atoms with van der Waals surface area (Å²) in [4.78, 5) is 15.1. The Balaban J connectivity index is 1.82. The number of aliphatic hydroxyl groups is 2. The van der Waals surface area contributed by atoms with Crippen molar-refractivity contribution in [3.63, 3.8) is 0 Å². The second-order valence-corrected chi connectivity index (χ2v) is 5.51. The lowest BCUT2D eigenvalue weighted by Gasteiger charge is -2.27. The Bertz CT molecular complexity index is 723. The molecule has 10 nitrogen and oxygen atoms in total. The van der Waals surface area contributed by atoms with Crippen LogP contribution in [-0.4, -0.2) is 70.4 Å². The molecule has 1 aliphatic heterocycles. The van der Waals surface area contributed by atoms with E-state index in [4.69, 9.17) is 9.84 Å². The maximum absolute atomic E-state index is 9.32. The molecular weight excluding hydrogens is 338 g/mol. The lowest BCUT2D eigenvalue weighted by Crippen LogP contribution is -2.37. The molecular formula is C16H21N7O3. The van der Waals surface area contributed by atoms with Crippen molar-refractivity contribution in [2.24, 2.45) is 5.10 Å². The van der Waals surface area contributed by atoms with Gasteiger partial charge in [0, 0.05) is 18.8 Å². The highest BCUT2D eigenvalue weighted by Gasteiger charge is 2.16. The van der Waals surface area contributed by atoms with Crippen LogP contribution in [0.4, 0.5) is 23.5 Å². The van der Waals surface area contributed by atoms with Crippen LogP contribution in [0.3, 0.4) is 0 Å². The van der Waals surface area contributed by atoms with Crippen LogP contribution in [0.5, 0.6) is 0 Å². The first-order valence-corrected chi connectivity index (χ1v) is 8.23. The van der Waals surface area contributed by atoms with E-state index in [1.807, 2.05) is 35.2 Å². The number of para-hydroxylation sites is 1. The van der Waals surface area contributed by atoms with Gasteiger partial charge in [-0.1, -0.05) is 18.2 Å². The summed E-state index contributed by atoms with van der Waals surface area (Å²) < 4.78 is 5.36. The van der Waals surface area contributed by atoms with Crippen molar-refractivity contribution in [2.45, 2.75) is 6.10 Å². The molecule has 0 radical (unpaired) electrons. The smallest absolute Gasteiger partial charge is 0.250 e. The number of hydrogen-bond donors (Lipinski definition) is 4. The molecule has 4 N–H and O–H groups in total. The zero-order valence-corrected chi connectivity index (χ0v) is 14.1. The molecule has 1 saturated heterocycles. The van der Waals surface area contributed by atoms with Crippen molar-refractivity contribution in [1.29, 1.82) is 0 Å². The van der Waals surface area contributed by atoms with E-state index in [1.165, 1.54) is 6.21 Å². The van der Waals surface area contributed by atoms with E-state index >= 15 is 0 Å². The van der Waals surface area contributed by atoms with Gasteiger partial charge in [0.25, 0.3) is 0 Å². The molecule has 1 fully saturated rings. The molecule has 3 rings (SSSR count). The summed E-state index contributed by atoms with van der Waals surface area (Å²) in [5, 5.41) is 25.1. The van der Waals surface area contributed by atoms with E-state index < -0.39 is 12.7 Å². The quantitative estimate of drug-likeness (QED) is 0.405. The fraction of sp³-hybridized carbons (Fsp3) is 0.375. The normalized spacial score (nSPS) is 15.8. The van der Waals surface area contributed by atoms with Gasteiger partial charge in [0.2, 0.25) is 17.8 Å². The van der Waals surface area contributed by atoms with Crippen molar-refractivity contribution in [1.82, 2.24) is 15.0 Å². The molecule has 1 atom stereocenters. The lowest BCUT2D eigenvalue weighted by molar-refractivity contribution is 0.122. The summed E-state index contributed by atoms with van der Waals surface area (Å²) in [7, 11) is 0. The predicted molar refractivity (Wildman–Crippen MR) is 97.8 cm³/mol. The third-order valence-corrected chi connectivity index (χ3v) is 3.55. The van der Waals surface area contributed by atoms with Crippen molar-refractivity contribution in [3.05, 3.63) is 30.3 Å². The van der Waals surface area contributed by atoms with Crippen molar-refractivity contribution in [3.8, 4) is 0 Å². The number of rotatable bonds is 7. The third-order valence-electron chi connectivity index (χ3n) is 3.55. The first kappa shape index (κ1) is 18.0. The van der Waals surface area contributed by atoms with Gasteiger partial charge in [-0.2, -0.15) is 20.1 Å². The number of benzene rings is 1. The van der Waals surface area contributed by atoms with E-state index in [1.54, 1.807) is 0 Å². The molecule has 0 saturated carbocycles. The Hall–Kier alpha value is -2.82. The number of aliphatic hydroxyl groups excluding tert-OH is 2. The fourth-order valence-electron chi connectivity index (χ4n) is 2.25. The summed E-state index contributed by atoms with van der Waals surface area (Å²) in [5.41, 5.74) is 3.50. The Labute approximate surface area is 150 Å². The van der Waals surface area contributed by atoms with Gasteiger partial charge in [0.15, 0.2) is 0 Å². The van der Waals surface area contributed by atoms with E-state index in [0.717, 1.165) is 5.69 Å². The van der Waals surface area contributed by atoms with Crippen molar-refractivity contribution in [2.75, 3.05) is 48.6 Å². The van der Waals surface area contributed by atoms with Gasteiger partial charge < -0.3 is 25.2 Å². The van der Waals surface area contributed by atoms with Crippen LogP contribution in [0.2, 0.25) is 0 Å². The molecule has 138 valence electrons. The summed E-state index contributed by atoms with van der Waals surface area (Å²) in [6, 6.07) is 9.55. The Morgan fingerprint density at radius 1 is 1.15 bits per heavy atom. The van der Waals surface area contributed by atoms with Crippen LogP contribution in [0.1, 0.15) is 0 Å². The highest BCUT2D eigenvalue weighted by Crippen LogP contribution is 2.18. The number of morpholine rings is 1. The highest BCUT2D eigenvalue weighted by atomic mass is 16.5. The summed E-state index contributed by atoms with van der Waals surface area (Å²) in [6.07, 6.45) is 0.118. The lowest BCUT2D eigenvalue weighted by atomic mass is 10.3. The average Bonchev–Trinajstić information content (AvgIpc) is 2.69. The van der Waals surface area contributed by atoms with Gasteiger partial charge in [0.1, 0.15) is 6.10 Å². The number of nitrogens with zero attached hydrogens (tertiary/aromatic N) is 5. The second-order valence-electron chi connectivity index (χ2n) is 5.51. The average molecular weight is 359 g/mol. The minimum absolute atomic E-state index is 0.223. The van der Waals surface area contributed by atoms with Crippen molar-refractivity contribution >= 4 is 29.7 Å². The molecule has 1 aliphatic rings. The number of aromatic nitrogens is 3. The van der Waals surface area contributed by atoms with E-state index in [2.05, 4.69) is 30.8 Å². The number of anilines is 4. The third kappa shape index (κ3) is 5.09. The van der Waals surface area contributed by atoms with Gasteiger partial charge in [-0.15, -0.1) is 0 Å². The molecule has 0 unspecified atom stereocenters. The van der Waals surface area contributed by atoms with Crippen LogP contribution >= 0.6 is 0 Å². The maximum Gasteiger partial charge on any atom is 0.250 e. The minimum Gasteiger partial charge on any atom is -0.393 e. The number of nitrogens with one attached hydrogen (secondary N) is 2. The summed E-state index contributed by atoms with van der Waals surface area (Å²) >= 11 is 0. The van der Waals surface area contributed by atoms with E-state index in [0.29, 0.717) is 38.2 Å². The SMILES string of the molecule is OC[C@H](O)/C=N\Nc1nc(Nc2ccccc2)nc(N2CCOCC2)n1. The van der Waals surface area contributed by atoms with Crippen molar-refractivity contribution < 1.29 is 14.9 Å². The molecule has 0 amide bonds. The zero-order valence-electron chi connectivity index (χ0n) is 14.1. The molecule has 0 bridgehead atoms. The Kier molecular flexibility index (Phi) is 6.25. The number of hydrogen-bond acceptors (Lipinski definition) is 10. The minimum atomic E-state index is -1.05. The topological polar surface area (TPSA) is 128 Å². The van der Waals surface area contributed by atoms with Crippen LogP contribution in [-0.2, 0) is 4.74 Å². The fourth-order valence-corrected chi connectivity index (χ4v) is 2.25. The molecule has 1 aromatic heterocycles. The van der Waals surface area contributed by atoms with Gasteiger partial charge in [-0.3, -0.25) is 0 Å². The largest absolute Gasteiger partial charge is 0.393 e. The van der Waals surface area contributed by atoms with Crippen LogP contribution in [0.25, 0.3) is 0 Å². The molecule has 0 aliphatic carbocycles. The monoisotopic (exact) mass is 359 g/mol. The number of hydrazone groups is 1.